The van der Waals surface area contributed by atoms with Gasteiger partial charge in [0.05, 0.1) is 11.5 Å². The summed E-state index contributed by atoms with van der Waals surface area (Å²) in [6.45, 7) is 7.56. The van der Waals surface area contributed by atoms with E-state index in [9.17, 15) is 9.90 Å². The second kappa shape index (κ2) is 7.34. The lowest BCUT2D eigenvalue weighted by Crippen LogP contribution is -2.22. The van der Waals surface area contributed by atoms with Gasteiger partial charge in [-0.05, 0) is 19.1 Å². The number of aliphatic hydroxyl groups excluding tert-OH is 1. The third-order valence-corrected chi connectivity index (χ3v) is 4.08. The summed E-state index contributed by atoms with van der Waals surface area (Å²) in [5, 5.41) is 9.85. The zero-order valence-electron chi connectivity index (χ0n) is 14.5. The number of allylic oxidation sites excluding steroid dienone is 2. The summed E-state index contributed by atoms with van der Waals surface area (Å²) in [6, 6.07) is 5.88. The molecule has 1 N–H and O–H groups in total. The molecule has 2 rings (SSSR count). The summed E-state index contributed by atoms with van der Waals surface area (Å²) >= 11 is 0. The van der Waals surface area contributed by atoms with Gasteiger partial charge in [0, 0.05) is 47.5 Å². The number of hydrogen-bond donors (Lipinski definition) is 1. The smallest absolute Gasteiger partial charge is 0.155 e. The van der Waals surface area contributed by atoms with Crippen LogP contribution in [0.3, 0.4) is 0 Å². The largest absolute Gasteiger partial charge is 0.512 e. The fourth-order valence-electron chi connectivity index (χ4n) is 2.56. The maximum Gasteiger partial charge on any atom is 0.155 e. The first kappa shape index (κ1) is 17.8. The number of aliphatic hydroxyl groups is 1. The van der Waals surface area contributed by atoms with Crippen LogP contribution in [0.25, 0.3) is 0 Å². The standard InChI is InChI=1S/C19H23N3O2/c1-13(8-16(24)9-14(2)23)17-6-5-7-18(22-17)19(3,4)15-10-20-12-21-11-15/h5-7,9-13,24H,8H2,1-4H3. The molecule has 0 aromatic carbocycles. The normalized spacial score (nSPS) is 13.6. The van der Waals surface area contributed by atoms with E-state index in [4.69, 9.17) is 4.98 Å². The van der Waals surface area contributed by atoms with Gasteiger partial charge in [0.2, 0.25) is 0 Å². The minimum absolute atomic E-state index is 0.00312. The van der Waals surface area contributed by atoms with Gasteiger partial charge in [-0.1, -0.05) is 26.8 Å². The first-order valence-electron chi connectivity index (χ1n) is 7.93. The average molecular weight is 325 g/mol. The molecular formula is C19H23N3O2. The van der Waals surface area contributed by atoms with Crippen LogP contribution in [-0.4, -0.2) is 25.8 Å². The van der Waals surface area contributed by atoms with Crippen molar-refractivity contribution in [2.45, 2.75) is 45.4 Å². The number of nitrogens with zero attached hydrogens (tertiary/aromatic N) is 3. The zero-order chi connectivity index (χ0) is 17.7. The van der Waals surface area contributed by atoms with E-state index in [2.05, 4.69) is 23.8 Å². The maximum absolute atomic E-state index is 11.1. The molecule has 0 aliphatic carbocycles. The molecule has 5 nitrogen and oxygen atoms in total. The van der Waals surface area contributed by atoms with Gasteiger partial charge in [-0.15, -0.1) is 0 Å². The summed E-state index contributed by atoms with van der Waals surface area (Å²) in [7, 11) is 0. The van der Waals surface area contributed by atoms with Crippen molar-refractivity contribution < 1.29 is 9.90 Å². The fraction of sp³-hybridized carbons (Fsp3) is 0.368. The Labute approximate surface area is 142 Å². The van der Waals surface area contributed by atoms with Crippen LogP contribution in [0.1, 0.15) is 57.0 Å². The Morgan fingerprint density at radius 2 is 1.96 bits per heavy atom. The van der Waals surface area contributed by atoms with Gasteiger partial charge in [-0.2, -0.15) is 0 Å². The molecule has 0 aliphatic rings. The summed E-state index contributed by atoms with van der Waals surface area (Å²) in [5.41, 5.74) is 2.45. The van der Waals surface area contributed by atoms with E-state index in [1.165, 1.54) is 19.3 Å². The molecule has 24 heavy (non-hydrogen) atoms. The Balaban J connectivity index is 2.27. The van der Waals surface area contributed by atoms with E-state index in [1.54, 1.807) is 12.4 Å². The van der Waals surface area contributed by atoms with Crippen LogP contribution in [0, 0.1) is 0 Å². The highest BCUT2D eigenvalue weighted by Crippen LogP contribution is 2.30. The van der Waals surface area contributed by atoms with Gasteiger partial charge >= 0.3 is 0 Å². The van der Waals surface area contributed by atoms with Crippen LogP contribution < -0.4 is 0 Å². The van der Waals surface area contributed by atoms with Crippen LogP contribution >= 0.6 is 0 Å². The maximum atomic E-state index is 11.1. The van der Waals surface area contributed by atoms with Crippen LogP contribution in [0.2, 0.25) is 0 Å². The molecule has 126 valence electrons. The van der Waals surface area contributed by atoms with Gasteiger partial charge < -0.3 is 5.11 Å². The van der Waals surface area contributed by atoms with Gasteiger partial charge in [0.1, 0.15) is 6.33 Å². The average Bonchev–Trinajstić information content (AvgIpc) is 2.55. The fourth-order valence-corrected chi connectivity index (χ4v) is 2.56. The number of rotatable bonds is 6. The summed E-state index contributed by atoms with van der Waals surface area (Å²) in [5.74, 6) is -0.0760. The number of ketones is 1. The summed E-state index contributed by atoms with van der Waals surface area (Å²) in [6.07, 6.45) is 6.74. The predicted molar refractivity (Wildman–Crippen MR) is 92.8 cm³/mol. The highest BCUT2D eigenvalue weighted by Gasteiger charge is 2.26. The van der Waals surface area contributed by atoms with Crippen LogP contribution in [0.4, 0.5) is 0 Å². The van der Waals surface area contributed by atoms with Crippen molar-refractivity contribution >= 4 is 5.78 Å². The molecule has 0 amide bonds. The molecule has 0 saturated carbocycles. The van der Waals surface area contributed by atoms with Gasteiger partial charge in [0.25, 0.3) is 0 Å². The van der Waals surface area contributed by atoms with E-state index in [-0.39, 0.29) is 22.9 Å². The van der Waals surface area contributed by atoms with Crippen molar-refractivity contribution in [1.29, 1.82) is 0 Å². The number of pyridine rings is 1. The molecule has 1 unspecified atom stereocenters. The van der Waals surface area contributed by atoms with Gasteiger partial charge in [0.15, 0.2) is 5.78 Å². The molecule has 5 heteroatoms. The van der Waals surface area contributed by atoms with Crippen molar-refractivity contribution in [3.8, 4) is 0 Å². The van der Waals surface area contributed by atoms with Crippen molar-refractivity contribution in [2.24, 2.45) is 0 Å². The molecule has 0 spiro atoms. The highest BCUT2D eigenvalue weighted by atomic mass is 16.3. The second-order valence-corrected chi connectivity index (χ2v) is 6.55. The molecule has 2 aromatic rings. The minimum atomic E-state index is -0.325. The minimum Gasteiger partial charge on any atom is -0.512 e. The monoisotopic (exact) mass is 325 g/mol. The lowest BCUT2D eigenvalue weighted by atomic mass is 9.82. The topological polar surface area (TPSA) is 76.0 Å². The van der Waals surface area contributed by atoms with E-state index in [1.807, 2.05) is 25.1 Å². The second-order valence-electron chi connectivity index (χ2n) is 6.55. The number of aromatic nitrogens is 3. The molecule has 2 aromatic heterocycles. The number of carbonyl (C=O) groups excluding carboxylic acids is 1. The van der Waals surface area contributed by atoms with Gasteiger partial charge in [-0.25, -0.2) is 9.97 Å². The SMILES string of the molecule is CC(=O)C=C(O)CC(C)c1cccc(C(C)(C)c2cncnc2)n1. The van der Waals surface area contributed by atoms with E-state index in [0.29, 0.717) is 6.42 Å². The predicted octanol–water partition coefficient (Wildman–Crippen LogP) is 3.72. The summed E-state index contributed by atoms with van der Waals surface area (Å²) in [4.78, 5) is 24.0. The van der Waals surface area contributed by atoms with Crippen molar-refractivity contribution in [3.05, 3.63) is 65.7 Å². The van der Waals surface area contributed by atoms with Gasteiger partial charge in [-0.3, -0.25) is 9.78 Å². The number of carbonyl (C=O) groups is 1. The van der Waals surface area contributed by atoms with Crippen LogP contribution in [0.15, 0.2) is 48.8 Å². The number of hydrogen-bond acceptors (Lipinski definition) is 5. The quantitative estimate of drug-likeness (QED) is 0.647. The van der Waals surface area contributed by atoms with E-state index >= 15 is 0 Å². The molecule has 0 radical (unpaired) electrons. The van der Waals surface area contributed by atoms with Crippen molar-refractivity contribution in [1.82, 2.24) is 15.0 Å². The zero-order valence-corrected chi connectivity index (χ0v) is 14.5. The molecule has 2 heterocycles. The molecule has 0 saturated heterocycles. The lowest BCUT2D eigenvalue weighted by Gasteiger charge is -2.25. The Kier molecular flexibility index (Phi) is 5.44. The van der Waals surface area contributed by atoms with Crippen molar-refractivity contribution in [2.75, 3.05) is 0 Å². The highest BCUT2D eigenvalue weighted by molar-refractivity contribution is 5.87. The molecule has 0 fully saturated rings. The Morgan fingerprint density at radius 1 is 1.29 bits per heavy atom. The summed E-state index contributed by atoms with van der Waals surface area (Å²) < 4.78 is 0. The van der Waals surface area contributed by atoms with Crippen molar-refractivity contribution in [3.63, 3.8) is 0 Å². The molecule has 0 bridgehead atoms. The Morgan fingerprint density at radius 3 is 2.58 bits per heavy atom. The van der Waals surface area contributed by atoms with Crippen LogP contribution in [-0.2, 0) is 10.2 Å². The third kappa shape index (κ3) is 4.25. The molecule has 0 aliphatic heterocycles. The van der Waals surface area contributed by atoms with E-state index in [0.717, 1.165) is 17.0 Å². The Hall–Kier alpha value is -2.56. The Bertz CT molecular complexity index is 739. The van der Waals surface area contributed by atoms with E-state index < -0.39 is 0 Å². The lowest BCUT2D eigenvalue weighted by molar-refractivity contribution is -0.112. The third-order valence-electron chi connectivity index (χ3n) is 4.08. The first-order valence-corrected chi connectivity index (χ1v) is 7.93. The first-order chi connectivity index (χ1) is 11.3. The molecule has 1 atom stereocenters. The molecular weight excluding hydrogens is 302 g/mol. The van der Waals surface area contributed by atoms with Crippen LogP contribution in [0.5, 0.6) is 0 Å².